The molecule has 0 aliphatic heterocycles. The van der Waals surface area contributed by atoms with E-state index in [2.05, 4.69) is 10.3 Å². The van der Waals surface area contributed by atoms with Crippen LogP contribution in [0.3, 0.4) is 0 Å². The summed E-state index contributed by atoms with van der Waals surface area (Å²) in [6, 6.07) is 7.14. The first kappa shape index (κ1) is 15.6. The highest BCUT2D eigenvalue weighted by Crippen LogP contribution is 2.32. The zero-order chi connectivity index (χ0) is 15.2. The Kier molecular flexibility index (Phi) is 5.39. The molecule has 1 N–H and O–H groups in total. The van der Waals surface area contributed by atoms with Crippen molar-refractivity contribution in [1.29, 1.82) is 0 Å². The van der Waals surface area contributed by atoms with Crippen LogP contribution in [0.25, 0.3) is 0 Å². The van der Waals surface area contributed by atoms with E-state index in [0.29, 0.717) is 5.56 Å². The highest BCUT2D eigenvalue weighted by molar-refractivity contribution is 5.28. The van der Waals surface area contributed by atoms with E-state index in [4.69, 9.17) is 0 Å². The largest absolute Gasteiger partial charge is 0.309 e. The first-order valence-electron chi connectivity index (χ1n) is 7.21. The van der Waals surface area contributed by atoms with Gasteiger partial charge in [-0.2, -0.15) is 0 Å². The Morgan fingerprint density at radius 1 is 1.14 bits per heavy atom. The summed E-state index contributed by atoms with van der Waals surface area (Å²) in [7, 11) is 0. The summed E-state index contributed by atoms with van der Waals surface area (Å²) in [6.45, 7) is 4.80. The van der Waals surface area contributed by atoms with Crippen LogP contribution in [-0.4, -0.2) is 11.5 Å². The van der Waals surface area contributed by atoms with Gasteiger partial charge in [0.2, 0.25) is 0 Å². The maximum atomic E-state index is 14.1. The Morgan fingerprint density at radius 2 is 1.86 bits per heavy atom. The van der Waals surface area contributed by atoms with Crippen LogP contribution in [0.4, 0.5) is 8.78 Å². The fourth-order valence-electron chi connectivity index (χ4n) is 2.47. The van der Waals surface area contributed by atoms with Crippen molar-refractivity contribution in [2.24, 2.45) is 0 Å². The van der Waals surface area contributed by atoms with Gasteiger partial charge in [0, 0.05) is 29.9 Å². The summed E-state index contributed by atoms with van der Waals surface area (Å²) in [5.41, 5.74) is 1.41. The van der Waals surface area contributed by atoms with E-state index >= 15 is 0 Å². The predicted octanol–water partition coefficient (Wildman–Crippen LogP) is 4.20. The standard InChI is InChI=1S/C17H20F2N2/c1-3-8-21-17(12(2)13-6-9-20-10-7-13)15-11-14(18)4-5-16(15)19/h4-7,9-12,17,21H,3,8H2,1-2H3. The number of nitrogens with zero attached hydrogens (tertiary/aromatic N) is 1. The van der Waals surface area contributed by atoms with Crippen LogP contribution in [0.15, 0.2) is 42.7 Å². The van der Waals surface area contributed by atoms with E-state index in [0.717, 1.165) is 24.6 Å². The Hall–Kier alpha value is -1.81. The molecule has 21 heavy (non-hydrogen) atoms. The van der Waals surface area contributed by atoms with Crippen molar-refractivity contribution in [3.8, 4) is 0 Å². The van der Waals surface area contributed by atoms with Crippen LogP contribution >= 0.6 is 0 Å². The summed E-state index contributed by atoms with van der Waals surface area (Å²) in [6.07, 6.45) is 4.35. The molecule has 0 spiro atoms. The molecule has 2 aromatic rings. The number of pyridine rings is 1. The van der Waals surface area contributed by atoms with Gasteiger partial charge in [-0.05, 0) is 48.9 Å². The summed E-state index contributed by atoms with van der Waals surface area (Å²) in [5.74, 6) is -0.793. The minimum atomic E-state index is -0.420. The zero-order valence-corrected chi connectivity index (χ0v) is 12.3. The summed E-state index contributed by atoms with van der Waals surface area (Å²) in [5, 5.41) is 3.32. The third-order valence-corrected chi connectivity index (χ3v) is 3.64. The van der Waals surface area contributed by atoms with Gasteiger partial charge in [0.1, 0.15) is 11.6 Å². The van der Waals surface area contributed by atoms with E-state index in [1.165, 1.54) is 12.1 Å². The molecule has 0 bridgehead atoms. The van der Waals surface area contributed by atoms with Gasteiger partial charge in [0.25, 0.3) is 0 Å². The number of halogens is 2. The number of rotatable bonds is 6. The molecule has 4 heteroatoms. The van der Waals surface area contributed by atoms with Gasteiger partial charge in [-0.25, -0.2) is 8.78 Å². The van der Waals surface area contributed by atoms with Crippen LogP contribution in [-0.2, 0) is 0 Å². The fourth-order valence-corrected chi connectivity index (χ4v) is 2.47. The lowest BCUT2D eigenvalue weighted by Gasteiger charge is -2.26. The highest BCUT2D eigenvalue weighted by atomic mass is 19.1. The molecule has 0 fully saturated rings. The smallest absolute Gasteiger partial charge is 0.128 e. The molecular formula is C17H20F2N2. The monoisotopic (exact) mass is 290 g/mol. The predicted molar refractivity (Wildman–Crippen MR) is 80.0 cm³/mol. The molecule has 2 rings (SSSR count). The van der Waals surface area contributed by atoms with Gasteiger partial charge in [0.15, 0.2) is 0 Å². The summed E-state index contributed by atoms with van der Waals surface area (Å²) < 4.78 is 27.6. The molecule has 0 saturated heterocycles. The second kappa shape index (κ2) is 7.27. The SMILES string of the molecule is CCCNC(c1cc(F)ccc1F)C(C)c1ccncc1. The van der Waals surface area contributed by atoms with E-state index < -0.39 is 5.82 Å². The lowest BCUT2D eigenvalue weighted by atomic mass is 9.88. The lowest BCUT2D eigenvalue weighted by Crippen LogP contribution is -2.27. The Labute approximate surface area is 124 Å². The quantitative estimate of drug-likeness (QED) is 0.862. The maximum Gasteiger partial charge on any atom is 0.128 e. The van der Waals surface area contributed by atoms with Crippen molar-refractivity contribution in [1.82, 2.24) is 10.3 Å². The summed E-state index contributed by atoms with van der Waals surface area (Å²) in [4.78, 5) is 4.00. The van der Waals surface area contributed by atoms with Crippen molar-refractivity contribution in [2.45, 2.75) is 32.2 Å². The molecule has 0 aliphatic carbocycles. The minimum absolute atomic E-state index is 0.0100. The molecule has 0 amide bonds. The lowest BCUT2D eigenvalue weighted by molar-refractivity contribution is 0.442. The van der Waals surface area contributed by atoms with E-state index in [9.17, 15) is 8.78 Å². The molecule has 0 radical (unpaired) electrons. The fraction of sp³-hybridized carbons (Fsp3) is 0.353. The van der Waals surface area contributed by atoms with Gasteiger partial charge in [-0.1, -0.05) is 13.8 Å². The van der Waals surface area contributed by atoms with Crippen molar-refractivity contribution in [3.05, 3.63) is 65.5 Å². The van der Waals surface area contributed by atoms with Gasteiger partial charge in [0.05, 0.1) is 0 Å². The Bertz CT molecular complexity index is 572. The third-order valence-electron chi connectivity index (χ3n) is 3.64. The first-order chi connectivity index (χ1) is 10.1. The number of nitrogens with one attached hydrogen (secondary N) is 1. The molecule has 112 valence electrons. The number of hydrogen-bond acceptors (Lipinski definition) is 2. The van der Waals surface area contributed by atoms with Crippen LogP contribution in [0.5, 0.6) is 0 Å². The number of hydrogen-bond donors (Lipinski definition) is 1. The van der Waals surface area contributed by atoms with Crippen LogP contribution in [0.1, 0.15) is 43.4 Å². The van der Waals surface area contributed by atoms with Crippen LogP contribution in [0.2, 0.25) is 0 Å². The number of benzene rings is 1. The molecule has 2 unspecified atom stereocenters. The first-order valence-corrected chi connectivity index (χ1v) is 7.21. The molecule has 0 saturated carbocycles. The molecule has 1 aromatic heterocycles. The normalized spacial score (nSPS) is 13.9. The topological polar surface area (TPSA) is 24.9 Å². The Morgan fingerprint density at radius 3 is 2.52 bits per heavy atom. The Balaban J connectivity index is 2.36. The molecule has 0 aliphatic rings. The molecule has 2 atom stereocenters. The maximum absolute atomic E-state index is 14.1. The zero-order valence-electron chi connectivity index (χ0n) is 12.3. The van der Waals surface area contributed by atoms with Crippen molar-refractivity contribution >= 4 is 0 Å². The van der Waals surface area contributed by atoms with Gasteiger partial charge >= 0.3 is 0 Å². The highest BCUT2D eigenvalue weighted by Gasteiger charge is 2.23. The minimum Gasteiger partial charge on any atom is -0.309 e. The van der Waals surface area contributed by atoms with Gasteiger partial charge in [-0.3, -0.25) is 4.98 Å². The molecule has 1 aromatic carbocycles. The van der Waals surface area contributed by atoms with Crippen molar-refractivity contribution < 1.29 is 8.78 Å². The molecule has 2 nitrogen and oxygen atoms in total. The average molecular weight is 290 g/mol. The molecule has 1 heterocycles. The third kappa shape index (κ3) is 3.85. The van der Waals surface area contributed by atoms with Crippen molar-refractivity contribution in [3.63, 3.8) is 0 Å². The van der Waals surface area contributed by atoms with E-state index in [-0.39, 0.29) is 17.8 Å². The van der Waals surface area contributed by atoms with Gasteiger partial charge < -0.3 is 5.32 Å². The molecular weight excluding hydrogens is 270 g/mol. The second-order valence-corrected chi connectivity index (χ2v) is 5.17. The van der Waals surface area contributed by atoms with E-state index in [1.54, 1.807) is 12.4 Å². The summed E-state index contributed by atoms with van der Waals surface area (Å²) >= 11 is 0. The second-order valence-electron chi connectivity index (χ2n) is 5.17. The number of aromatic nitrogens is 1. The van der Waals surface area contributed by atoms with Gasteiger partial charge in [-0.15, -0.1) is 0 Å². The van der Waals surface area contributed by atoms with Crippen molar-refractivity contribution in [2.75, 3.05) is 6.54 Å². The average Bonchev–Trinajstić information content (AvgIpc) is 2.51. The van der Waals surface area contributed by atoms with Crippen LogP contribution < -0.4 is 5.32 Å². The van der Waals surface area contributed by atoms with E-state index in [1.807, 2.05) is 26.0 Å². The van der Waals surface area contributed by atoms with Crippen LogP contribution in [0, 0.1) is 11.6 Å².